The molecule has 4 nitrogen and oxygen atoms in total. The first-order valence-corrected chi connectivity index (χ1v) is 11.9. The molecule has 2 aliphatic heterocycles. The Labute approximate surface area is 167 Å². The van der Waals surface area contributed by atoms with Gasteiger partial charge in [0.05, 0.1) is 11.5 Å². The molecule has 5 heteroatoms. The Hall–Kier alpha value is -2.14. The molecule has 0 saturated carbocycles. The highest BCUT2D eigenvalue weighted by atomic mass is 32.2. The summed E-state index contributed by atoms with van der Waals surface area (Å²) in [5.74, 6) is 0.457. The van der Waals surface area contributed by atoms with Crippen LogP contribution in [0.4, 0.5) is 0 Å². The fourth-order valence-corrected chi connectivity index (χ4v) is 6.69. The van der Waals surface area contributed by atoms with Crippen molar-refractivity contribution in [3.05, 3.63) is 71.8 Å². The molecule has 0 bridgehead atoms. The molecule has 28 heavy (non-hydrogen) atoms. The Balaban J connectivity index is 1.59. The summed E-state index contributed by atoms with van der Waals surface area (Å²) in [7, 11) is -2.95. The lowest BCUT2D eigenvalue weighted by atomic mass is 9.69. The molecule has 2 saturated heterocycles. The van der Waals surface area contributed by atoms with Crippen LogP contribution in [0.15, 0.2) is 60.7 Å². The third kappa shape index (κ3) is 3.86. The van der Waals surface area contributed by atoms with Crippen LogP contribution < -0.4 is 0 Å². The van der Waals surface area contributed by atoms with Gasteiger partial charge in [-0.25, -0.2) is 8.42 Å². The van der Waals surface area contributed by atoms with Crippen molar-refractivity contribution in [3.8, 4) is 0 Å². The molecule has 0 radical (unpaired) electrons. The van der Waals surface area contributed by atoms with Crippen molar-refractivity contribution in [2.45, 2.75) is 31.1 Å². The van der Waals surface area contributed by atoms with Crippen LogP contribution in [0.1, 0.15) is 36.8 Å². The Morgan fingerprint density at radius 3 is 2.14 bits per heavy atom. The molecule has 2 aromatic rings. The average Bonchev–Trinajstić information content (AvgIpc) is 3.07. The topological polar surface area (TPSA) is 54.5 Å². The van der Waals surface area contributed by atoms with E-state index in [9.17, 15) is 13.2 Å². The van der Waals surface area contributed by atoms with Gasteiger partial charge in [-0.1, -0.05) is 60.7 Å². The van der Waals surface area contributed by atoms with Crippen molar-refractivity contribution >= 4 is 15.7 Å². The van der Waals surface area contributed by atoms with Gasteiger partial charge in [-0.05, 0) is 36.3 Å². The van der Waals surface area contributed by atoms with Gasteiger partial charge in [0.15, 0.2) is 9.84 Å². The van der Waals surface area contributed by atoms with Crippen molar-refractivity contribution in [3.63, 3.8) is 0 Å². The summed E-state index contributed by atoms with van der Waals surface area (Å²) in [6.45, 7) is 1.40. The van der Waals surface area contributed by atoms with Gasteiger partial charge in [0.25, 0.3) is 0 Å². The maximum absolute atomic E-state index is 13.0. The zero-order chi connectivity index (χ0) is 19.6. The standard InChI is InChI=1S/C23H27NO3S/c25-22(16-19-12-15-28(26,27)17-19)24-14-7-13-23(18-24,20-8-3-1-4-9-20)21-10-5-2-6-11-21/h1-6,8-11,19H,7,12-18H2/t19-/m1/s1. The van der Waals surface area contributed by atoms with E-state index in [4.69, 9.17) is 0 Å². The zero-order valence-corrected chi connectivity index (χ0v) is 16.9. The number of amides is 1. The molecule has 4 rings (SSSR count). The third-order valence-electron chi connectivity index (χ3n) is 6.29. The molecule has 1 amide bonds. The van der Waals surface area contributed by atoms with Crippen molar-refractivity contribution in [1.82, 2.24) is 4.90 Å². The summed E-state index contributed by atoms with van der Waals surface area (Å²) in [6.07, 6.45) is 2.91. The number of nitrogens with zero attached hydrogens (tertiary/aromatic N) is 1. The van der Waals surface area contributed by atoms with Gasteiger partial charge in [0, 0.05) is 24.9 Å². The Kier molecular flexibility index (Phi) is 5.28. The van der Waals surface area contributed by atoms with Gasteiger partial charge in [0.2, 0.25) is 5.91 Å². The molecule has 0 spiro atoms. The molecule has 2 aromatic carbocycles. The summed E-state index contributed by atoms with van der Waals surface area (Å²) in [4.78, 5) is 15.0. The van der Waals surface area contributed by atoms with Gasteiger partial charge in [-0.2, -0.15) is 0 Å². The first-order valence-electron chi connectivity index (χ1n) is 10.1. The largest absolute Gasteiger partial charge is 0.341 e. The first-order chi connectivity index (χ1) is 13.5. The van der Waals surface area contributed by atoms with Crippen LogP contribution in [0.5, 0.6) is 0 Å². The maximum atomic E-state index is 13.0. The Morgan fingerprint density at radius 2 is 1.61 bits per heavy atom. The lowest BCUT2D eigenvalue weighted by Crippen LogP contribution is -2.49. The molecule has 2 aliphatic rings. The number of likely N-dealkylation sites (tertiary alicyclic amines) is 1. The lowest BCUT2D eigenvalue weighted by Gasteiger charge is -2.44. The Bertz CT molecular complexity index is 885. The highest BCUT2D eigenvalue weighted by Crippen LogP contribution is 2.40. The number of carbonyl (C=O) groups is 1. The molecular weight excluding hydrogens is 370 g/mol. The second-order valence-corrected chi connectivity index (χ2v) is 10.4. The summed E-state index contributed by atoms with van der Waals surface area (Å²) < 4.78 is 23.5. The highest BCUT2D eigenvalue weighted by molar-refractivity contribution is 7.91. The fourth-order valence-electron chi connectivity index (χ4n) is 4.83. The lowest BCUT2D eigenvalue weighted by molar-refractivity contribution is -0.134. The molecular formula is C23H27NO3S. The quantitative estimate of drug-likeness (QED) is 0.794. The maximum Gasteiger partial charge on any atom is 0.222 e. The van der Waals surface area contributed by atoms with Crippen LogP contribution in [0.25, 0.3) is 0 Å². The molecule has 0 unspecified atom stereocenters. The monoisotopic (exact) mass is 397 g/mol. The van der Waals surface area contributed by atoms with E-state index in [-0.39, 0.29) is 28.7 Å². The van der Waals surface area contributed by atoms with Crippen molar-refractivity contribution in [1.29, 1.82) is 0 Å². The van der Waals surface area contributed by atoms with Crippen LogP contribution >= 0.6 is 0 Å². The molecule has 148 valence electrons. The smallest absolute Gasteiger partial charge is 0.222 e. The Morgan fingerprint density at radius 1 is 1.00 bits per heavy atom. The molecule has 1 atom stereocenters. The molecule has 0 aromatic heterocycles. The summed E-state index contributed by atoms with van der Waals surface area (Å²) >= 11 is 0. The van der Waals surface area contributed by atoms with E-state index in [2.05, 4.69) is 48.5 Å². The summed E-state index contributed by atoms with van der Waals surface area (Å²) in [5, 5.41) is 0. The van der Waals surface area contributed by atoms with E-state index in [0.29, 0.717) is 19.4 Å². The van der Waals surface area contributed by atoms with E-state index in [0.717, 1.165) is 19.4 Å². The normalized spacial score (nSPS) is 23.4. The summed E-state index contributed by atoms with van der Waals surface area (Å²) in [5.41, 5.74) is 2.27. The molecule has 2 fully saturated rings. The SMILES string of the molecule is O=C(C[C@H]1CCS(=O)(=O)C1)N1CCCC(c2ccccc2)(c2ccccc2)C1. The second kappa shape index (κ2) is 7.70. The molecule has 0 aliphatic carbocycles. The second-order valence-electron chi connectivity index (χ2n) is 8.21. The fraction of sp³-hybridized carbons (Fsp3) is 0.435. The van der Waals surface area contributed by atoms with Crippen LogP contribution in [0.3, 0.4) is 0 Å². The van der Waals surface area contributed by atoms with Crippen LogP contribution in [-0.4, -0.2) is 43.8 Å². The van der Waals surface area contributed by atoms with Crippen molar-refractivity contribution in [2.75, 3.05) is 24.6 Å². The van der Waals surface area contributed by atoms with Crippen LogP contribution in [-0.2, 0) is 20.0 Å². The predicted octanol–water partition coefficient (Wildman–Crippen LogP) is 3.42. The number of benzene rings is 2. The third-order valence-corrected chi connectivity index (χ3v) is 8.12. The van der Waals surface area contributed by atoms with Gasteiger partial charge in [0.1, 0.15) is 0 Å². The van der Waals surface area contributed by atoms with Gasteiger partial charge < -0.3 is 4.90 Å². The minimum absolute atomic E-state index is 0.0257. The first kappa shape index (κ1) is 19.2. The number of hydrogen-bond donors (Lipinski definition) is 0. The van der Waals surface area contributed by atoms with Crippen LogP contribution in [0, 0.1) is 5.92 Å². The van der Waals surface area contributed by atoms with E-state index < -0.39 is 9.84 Å². The van der Waals surface area contributed by atoms with E-state index in [1.54, 1.807) is 0 Å². The van der Waals surface area contributed by atoms with E-state index >= 15 is 0 Å². The summed E-state index contributed by atoms with van der Waals surface area (Å²) in [6, 6.07) is 20.9. The van der Waals surface area contributed by atoms with Crippen molar-refractivity contribution in [2.24, 2.45) is 5.92 Å². The number of carbonyl (C=O) groups excluding carboxylic acids is 1. The van der Waals surface area contributed by atoms with E-state index in [1.807, 2.05) is 17.0 Å². The number of sulfone groups is 1. The number of rotatable bonds is 4. The van der Waals surface area contributed by atoms with Gasteiger partial charge in [-0.3, -0.25) is 4.79 Å². The predicted molar refractivity (Wildman–Crippen MR) is 111 cm³/mol. The highest BCUT2D eigenvalue weighted by Gasteiger charge is 2.40. The molecule has 0 N–H and O–H groups in total. The van der Waals surface area contributed by atoms with Gasteiger partial charge >= 0.3 is 0 Å². The minimum atomic E-state index is -2.95. The van der Waals surface area contributed by atoms with Crippen LogP contribution in [0.2, 0.25) is 0 Å². The van der Waals surface area contributed by atoms with Crippen molar-refractivity contribution < 1.29 is 13.2 Å². The van der Waals surface area contributed by atoms with E-state index in [1.165, 1.54) is 11.1 Å². The molecule has 2 heterocycles. The minimum Gasteiger partial charge on any atom is -0.341 e. The number of piperidine rings is 1. The van der Waals surface area contributed by atoms with Gasteiger partial charge in [-0.15, -0.1) is 0 Å². The zero-order valence-electron chi connectivity index (χ0n) is 16.1. The average molecular weight is 398 g/mol. The number of hydrogen-bond acceptors (Lipinski definition) is 3.